The zero-order chi connectivity index (χ0) is 13.9. The Morgan fingerprint density at radius 2 is 2.16 bits per heavy atom. The highest BCUT2D eigenvalue weighted by Gasteiger charge is 2.27. The third-order valence-electron chi connectivity index (χ3n) is 3.86. The molecule has 0 unspecified atom stereocenters. The number of pyridine rings is 1. The molecule has 4 nitrogen and oxygen atoms in total. The maximum Gasteiger partial charge on any atom is 0.337 e. The van der Waals surface area contributed by atoms with Crippen LogP contribution in [0.3, 0.4) is 0 Å². The molecule has 1 aliphatic rings. The number of hydrogen-bond acceptors (Lipinski definition) is 3. The maximum atomic E-state index is 11.1. The van der Waals surface area contributed by atoms with Crippen LogP contribution in [0.1, 0.15) is 55.6 Å². The van der Waals surface area contributed by atoms with Crippen LogP contribution in [0.5, 0.6) is 0 Å². The summed E-state index contributed by atoms with van der Waals surface area (Å²) >= 11 is 0. The average Bonchev–Trinajstić information content (AvgIpc) is 2.38. The van der Waals surface area contributed by atoms with Crippen molar-refractivity contribution >= 4 is 5.97 Å². The molecule has 4 heteroatoms. The van der Waals surface area contributed by atoms with Crippen LogP contribution in [0.15, 0.2) is 18.3 Å². The number of rotatable bonds is 4. The molecule has 1 heterocycles. The Morgan fingerprint density at radius 3 is 2.79 bits per heavy atom. The highest BCUT2D eigenvalue weighted by atomic mass is 16.5. The van der Waals surface area contributed by atoms with Crippen LogP contribution in [-0.4, -0.2) is 22.2 Å². The van der Waals surface area contributed by atoms with Crippen molar-refractivity contribution in [1.29, 1.82) is 0 Å². The van der Waals surface area contributed by atoms with Gasteiger partial charge in [0.1, 0.15) is 0 Å². The number of carboxylic acid groups (broad SMARTS) is 1. The topological polar surface area (TPSA) is 59.4 Å². The second kappa shape index (κ2) is 5.70. The number of carbonyl (C=O) groups is 1. The van der Waals surface area contributed by atoms with Gasteiger partial charge in [-0.05, 0) is 43.2 Å². The Hall–Kier alpha value is -1.42. The normalized spacial score (nSPS) is 19.3. The van der Waals surface area contributed by atoms with Crippen molar-refractivity contribution in [3.05, 3.63) is 29.6 Å². The molecular formula is C15H21NO3. The third kappa shape index (κ3) is 3.77. The molecule has 19 heavy (non-hydrogen) atoms. The average molecular weight is 263 g/mol. The Labute approximate surface area is 113 Å². The maximum absolute atomic E-state index is 11.1. The van der Waals surface area contributed by atoms with Gasteiger partial charge in [0, 0.05) is 6.20 Å². The zero-order valence-electron chi connectivity index (χ0n) is 11.6. The monoisotopic (exact) mass is 263 g/mol. The second-order valence-electron chi connectivity index (χ2n) is 5.98. The van der Waals surface area contributed by atoms with E-state index in [1.807, 2.05) is 0 Å². The van der Waals surface area contributed by atoms with E-state index >= 15 is 0 Å². The number of nitrogens with zero attached hydrogens (tertiary/aromatic N) is 1. The second-order valence-corrected chi connectivity index (χ2v) is 5.98. The van der Waals surface area contributed by atoms with E-state index < -0.39 is 5.97 Å². The van der Waals surface area contributed by atoms with Gasteiger partial charge in [0.05, 0.1) is 24.0 Å². The van der Waals surface area contributed by atoms with Crippen LogP contribution in [-0.2, 0) is 11.3 Å². The predicted octanol–water partition coefficient (Wildman–Crippen LogP) is 3.27. The Morgan fingerprint density at radius 1 is 1.47 bits per heavy atom. The third-order valence-corrected chi connectivity index (χ3v) is 3.86. The Bertz CT molecular complexity index is 446. The van der Waals surface area contributed by atoms with E-state index in [-0.39, 0.29) is 18.3 Å². The quantitative estimate of drug-likeness (QED) is 0.905. The van der Waals surface area contributed by atoms with Crippen molar-refractivity contribution in [3.63, 3.8) is 0 Å². The van der Waals surface area contributed by atoms with Gasteiger partial charge in [0.25, 0.3) is 0 Å². The fourth-order valence-corrected chi connectivity index (χ4v) is 2.48. The molecule has 0 saturated heterocycles. The number of ether oxygens (including phenoxy) is 1. The molecule has 0 spiro atoms. The minimum Gasteiger partial charge on any atom is -0.478 e. The van der Waals surface area contributed by atoms with Crippen LogP contribution >= 0.6 is 0 Å². The lowest BCUT2D eigenvalue weighted by Gasteiger charge is -2.34. The summed E-state index contributed by atoms with van der Waals surface area (Å²) in [7, 11) is 0. The SMILES string of the molecule is CC1(C)CCC(OCc2ncccc2C(=O)O)CC1. The molecule has 0 bridgehead atoms. The van der Waals surface area contributed by atoms with Gasteiger partial charge in [0.2, 0.25) is 0 Å². The largest absolute Gasteiger partial charge is 0.478 e. The summed E-state index contributed by atoms with van der Waals surface area (Å²) < 4.78 is 5.83. The first-order valence-electron chi connectivity index (χ1n) is 6.77. The summed E-state index contributed by atoms with van der Waals surface area (Å²) in [5.41, 5.74) is 1.16. The van der Waals surface area contributed by atoms with Crippen molar-refractivity contribution in [2.45, 2.75) is 52.2 Å². The van der Waals surface area contributed by atoms with E-state index in [1.165, 1.54) is 0 Å². The van der Waals surface area contributed by atoms with Crippen LogP contribution in [0.4, 0.5) is 0 Å². The molecule has 1 aromatic heterocycles. The van der Waals surface area contributed by atoms with Crippen LogP contribution in [0.2, 0.25) is 0 Å². The molecule has 1 aromatic rings. The predicted molar refractivity (Wildman–Crippen MR) is 72.0 cm³/mol. The van der Waals surface area contributed by atoms with Gasteiger partial charge < -0.3 is 9.84 Å². The van der Waals surface area contributed by atoms with E-state index in [0.717, 1.165) is 25.7 Å². The lowest BCUT2D eigenvalue weighted by molar-refractivity contribution is -0.00729. The first-order valence-corrected chi connectivity index (χ1v) is 6.77. The zero-order valence-corrected chi connectivity index (χ0v) is 11.6. The molecule has 0 atom stereocenters. The first kappa shape index (κ1) is 14.0. The lowest BCUT2D eigenvalue weighted by Crippen LogP contribution is -2.26. The van der Waals surface area contributed by atoms with Gasteiger partial charge in [-0.25, -0.2) is 4.79 Å². The minimum absolute atomic E-state index is 0.233. The summed E-state index contributed by atoms with van der Waals surface area (Å²) in [4.78, 5) is 15.2. The molecule has 1 saturated carbocycles. The van der Waals surface area contributed by atoms with E-state index in [9.17, 15) is 4.79 Å². The van der Waals surface area contributed by atoms with E-state index in [4.69, 9.17) is 9.84 Å². The smallest absolute Gasteiger partial charge is 0.337 e. The van der Waals surface area contributed by atoms with Crippen molar-refractivity contribution in [2.24, 2.45) is 5.41 Å². The van der Waals surface area contributed by atoms with Crippen LogP contribution in [0.25, 0.3) is 0 Å². The molecule has 1 aliphatic carbocycles. The van der Waals surface area contributed by atoms with Crippen molar-refractivity contribution < 1.29 is 14.6 Å². The van der Waals surface area contributed by atoms with E-state index in [2.05, 4.69) is 18.8 Å². The van der Waals surface area contributed by atoms with Gasteiger partial charge in [0.15, 0.2) is 0 Å². The molecule has 1 fully saturated rings. The highest BCUT2D eigenvalue weighted by Crippen LogP contribution is 2.36. The van der Waals surface area contributed by atoms with Crippen molar-refractivity contribution in [1.82, 2.24) is 4.98 Å². The van der Waals surface area contributed by atoms with Crippen molar-refractivity contribution in [3.8, 4) is 0 Å². The first-order chi connectivity index (χ1) is 8.98. The highest BCUT2D eigenvalue weighted by molar-refractivity contribution is 5.88. The van der Waals surface area contributed by atoms with Gasteiger partial charge >= 0.3 is 5.97 Å². The van der Waals surface area contributed by atoms with Crippen LogP contribution < -0.4 is 0 Å². The molecule has 2 rings (SSSR count). The van der Waals surface area contributed by atoms with Gasteiger partial charge in [-0.1, -0.05) is 13.8 Å². The van der Waals surface area contributed by atoms with E-state index in [1.54, 1.807) is 18.3 Å². The van der Waals surface area contributed by atoms with Gasteiger partial charge in [-0.2, -0.15) is 0 Å². The summed E-state index contributed by atoms with van der Waals surface area (Å²) in [5.74, 6) is -0.948. The Kier molecular flexibility index (Phi) is 4.20. The summed E-state index contributed by atoms with van der Waals surface area (Å²) in [6.07, 6.45) is 6.24. The van der Waals surface area contributed by atoms with Gasteiger partial charge in [-0.3, -0.25) is 4.98 Å². The fraction of sp³-hybridized carbons (Fsp3) is 0.600. The molecule has 0 aromatic carbocycles. The molecule has 0 amide bonds. The fourth-order valence-electron chi connectivity index (χ4n) is 2.48. The van der Waals surface area contributed by atoms with Crippen LogP contribution in [0, 0.1) is 5.41 Å². The molecule has 0 aliphatic heterocycles. The number of carboxylic acids is 1. The number of aromatic nitrogens is 1. The number of aromatic carboxylic acids is 1. The Balaban J connectivity index is 1.91. The van der Waals surface area contributed by atoms with Crippen molar-refractivity contribution in [2.75, 3.05) is 0 Å². The van der Waals surface area contributed by atoms with E-state index in [0.29, 0.717) is 11.1 Å². The molecular weight excluding hydrogens is 242 g/mol. The standard InChI is InChI=1S/C15H21NO3/c1-15(2)7-5-11(6-8-15)19-10-13-12(14(17)18)4-3-9-16-13/h3-4,9,11H,5-8,10H2,1-2H3,(H,17,18). The minimum atomic E-state index is -0.948. The summed E-state index contributed by atoms with van der Waals surface area (Å²) in [6, 6.07) is 3.20. The number of hydrogen-bond donors (Lipinski definition) is 1. The molecule has 1 N–H and O–H groups in total. The van der Waals surface area contributed by atoms with Gasteiger partial charge in [-0.15, -0.1) is 0 Å². The summed E-state index contributed by atoms with van der Waals surface area (Å²) in [5, 5.41) is 9.08. The molecule has 0 radical (unpaired) electrons. The molecule has 104 valence electrons. The lowest BCUT2D eigenvalue weighted by atomic mass is 9.76. The summed E-state index contributed by atoms with van der Waals surface area (Å²) in [6.45, 7) is 4.85.